The van der Waals surface area contributed by atoms with E-state index in [9.17, 15) is 9.59 Å². The summed E-state index contributed by atoms with van der Waals surface area (Å²) in [5.41, 5.74) is 2.51. The van der Waals surface area contributed by atoms with E-state index in [4.69, 9.17) is 0 Å². The quantitative estimate of drug-likeness (QED) is 0.938. The first-order valence-electron chi connectivity index (χ1n) is 7.95. The fourth-order valence-corrected chi connectivity index (χ4v) is 2.80. The largest absolute Gasteiger partial charge is 0.368 e. The first-order valence-corrected chi connectivity index (χ1v) is 7.95. The molecule has 0 unspecified atom stereocenters. The van der Waals surface area contributed by atoms with Gasteiger partial charge < -0.3 is 15.1 Å². The molecule has 0 saturated carbocycles. The minimum absolute atomic E-state index is 0.0313. The topological polar surface area (TPSA) is 65.5 Å². The zero-order valence-electron chi connectivity index (χ0n) is 13.6. The molecule has 0 bridgehead atoms. The standard InChI is InChI=1S/C18H20N4O2/c1-14(23)20-16-4-6-17(7-5-16)21-9-11-22(12-10-21)18(24)15-3-2-8-19-13-15/h2-8,13H,9-12H2,1H3,(H,20,23). The normalized spacial score (nSPS) is 14.4. The Balaban J connectivity index is 1.59. The van der Waals surface area contributed by atoms with Crippen molar-refractivity contribution in [3.8, 4) is 0 Å². The second kappa shape index (κ2) is 7.12. The Labute approximate surface area is 141 Å². The van der Waals surface area contributed by atoms with Gasteiger partial charge >= 0.3 is 0 Å². The summed E-state index contributed by atoms with van der Waals surface area (Å²) >= 11 is 0. The van der Waals surface area contributed by atoms with Crippen LogP contribution in [0.15, 0.2) is 48.8 Å². The molecule has 1 aromatic heterocycles. The molecule has 6 heteroatoms. The van der Waals surface area contributed by atoms with E-state index in [1.54, 1.807) is 24.5 Å². The highest BCUT2D eigenvalue weighted by Gasteiger charge is 2.22. The SMILES string of the molecule is CC(=O)Nc1ccc(N2CCN(C(=O)c3cccnc3)CC2)cc1. The van der Waals surface area contributed by atoms with Crippen LogP contribution >= 0.6 is 0 Å². The van der Waals surface area contributed by atoms with Gasteiger partial charge in [0.15, 0.2) is 0 Å². The molecule has 1 fully saturated rings. The average Bonchev–Trinajstić information content (AvgIpc) is 2.62. The third-order valence-corrected chi connectivity index (χ3v) is 4.03. The molecule has 1 aliphatic rings. The second-order valence-corrected chi connectivity index (χ2v) is 5.75. The Kier molecular flexibility index (Phi) is 4.74. The fraction of sp³-hybridized carbons (Fsp3) is 0.278. The first kappa shape index (κ1) is 16.0. The lowest BCUT2D eigenvalue weighted by Crippen LogP contribution is -2.48. The summed E-state index contributed by atoms with van der Waals surface area (Å²) in [6.45, 7) is 4.42. The molecule has 2 amide bonds. The summed E-state index contributed by atoms with van der Waals surface area (Å²) in [5.74, 6) is -0.0472. The summed E-state index contributed by atoms with van der Waals surface area (Å²) in [4.78, 5) is 31.6. The molecule has 124 valence electrons. The van der Waals surface area contributed by atoms with E-state index in [1.807, 2.05) is 29.2 Å². The van der Waals surface area contributed by atoms with Crippen molar-refractivity contribution in [3.63, 3.8) is 0 Å². The highest BCUT2D eigenvalue weighted by atomic mass is 16.2. The van der Waals surface area contributed by atoms with Crippen molar-refractivity contribution in [2.24, 2.45) is 0 Å². The molecule has 2 heterocycles. The molecule has 1 aliphatic heterocycles. The van der Waals surface area contributed by atoms with Crippen LogP contribution in [0.3, 0.4) is 0 Å². The number of pyridine rings is 1. The Bertz CT molecular complexity index is 708. The van der Waals surface area contributed by atoms with Gasteiger partial charge in [-0.3, -0.25) is 14.6 Å². The molecule has 0 aliphatic carbocycles. The smallest absolute Gasteiger partial charge is 0.255 e. The van der Waals surface area contributed by atoms with E-state index >= 15 is 0 Å². The minimum atomic E-state index is -0.0784. The second-order valence-electron chi connectivity index (χ2n) is 5.75. The van der Waals surface area contributed by atoms with Gasteiger partial charge in [0.05, 0.1) is 5.56 Å². The predicted octanol–water partition coefficient (Wildman–Crippen LogP) is 2.00. The molecule has 2 aromatic rings. The van der Waals surface area contributed by atoms with Crippen molar-refractivity contribution < 1.29 is 9.59 Å². The van der Waals surface area contributed by atoms with Crippen molar-refractivity contribution >= 4 is 23.2 Å². The molecule has 1 N–H and O–H groups in total. The van der Waals surface area contributed by atoms with Gasteiger partial charge in [0.2, 0.25) is 5.91 Å². The van der Waals surface area contributed by atoms with Crippen LogP contribution < -0.4 is 10.2 Å². The Hall–Kier alpha value is -2.89. The maximum atomic E-state index is 12.4. The number of aromatic nitrogens is 1. The highest BCUT2D eigenvalue weighted by Crippen LogP contribution is 2.20. The molecular formula is C18H20N4O2. The van der Waals surface area contributed by atoms with E-state index < -0.39 is 0 Å². The zero-order chi connectivity index (χ0) is 16.9. The van der Waals surface area contributed by atoms with Crippen LogP contribution in [-0.4, -0.2) is 47.9 Å². The minimum Gasteiger partial charge on any atom is -0.368 e. The fourth-order valence-electron chi connectivity index (χ4n) is 2.80. The number of carbonyl (C=O) groups excluding carboxylic acids is 2. The summed E-state index contributed by atoms with van der Waals surface area (Å²) in [5, 5.41) is 2.76. The number of nitrogens with zero attached hydrogens (tertiary/aromatic N) is 3. The van der Waals surface area contributed by atoms with Gasteiger partial charge in [0.1, 0.15) is 0 Å². The third-order valence-electron chi connectivity index (χ3n) is 4.03. The molecule has 0 radical (unpaired) electrons. The monoisotopic (exact) mass is 324 g/mol. The molecule has 1 aromatic carbocycles. The van der Waals surface area contributed by atoms with Gasteiger partial charge in [0, 0.05) is 56.9 Å². The average molecular weight is 324 g/mol. The number of benzene rings is 1. The highest BCUT2D eigenvalue weighted by molar-refractivity contribution is 5.94. The lowest BCUT2D eigenvalue weighted by Gasteiger charge is -2.36. The van der Waals surface area contributed by atoms with Crippen LogP contribution in [0.4, 0.5) is 11.4 Å². The number of anilines is 2. The Morgan fingerprint density at radius 2 is 1.75 bits per heavy atom. The molecule has 0 spiro atoms. The molecular weight excluding hydrogens is 304 g/mol. The van der Waals surface area contributed by atoms with Gasteiger partial charge in [-0.05, 0) is 36.4 Å². The maximum Gasteiger partial charge on any atom is 0.255 e. The number of rotatable bonds is 3. The third kappa shape index (κ3) is 3.71. The van der Waals surface area contributed by atoms with Crippen molar-refractivity contribution in [3.05, 3.63) is 54.4 Å². The van der Waals surface area contributed by atoms with Crippen molar-refractivity contribution in [1.82, 2.24) is 9.88 Å². The predicted molar refractivity (Wildman–Crippen MR) is 93.1 cm³/mol. The van der Waals surface area contributed by atoms with E-state index in [0.717, 1.165) is 24.5 Å². The molecule has 1 saturated heterocycles. The number of nitrogens with one attached hydrogen (secondary N) is 1. The Morgan fingerprint density at radius 1 is 1.04 bits per heavy atom. The van der Waals surface area contributed by atoms with Crippen LogP contribution in [0.2, 0.25) is 0 Å². The summed E-state index contributed by atoms with van der Waals surface area (Å²) < 4.78 is 0. The lowest BCUT2D eigenvalue weighted by atomic mass is 10.2. The number of carbonyl (C=O) groups is 2. The van der Waals surface area contributed by atoms with Crippen LogP contribution in [-0.2, 0) is 4.79 Å². The number of piperazine rings is 1. The molecule has 0 atom stereocenters. The summed E-state index contributed by atoms with van der Waals surface area (Å²) in [6.07, 6.45) is 3.27. The van der Waals surface area contributed by atoms with Gasteiger partial charge in [-0.2, -0.15) is 0 Å². The molecule has 6 nitrogen and oxygen atoms in total. The molecule has 3 rings (SSSR count). The zero-order valence-corrected chi connectivity index (χ0v) is 13.6. The molecule has 24 heavy (non-hydrogen) atoms. The van der Waals surface area contributed by atoms with Gasteiger partial charge in [-0.25, -0.2) is 0 Å². The van der Waals surface area contributed by atoms with E-state index in [-0.39, 0.29) is 11.8 Å². The van der Waals surface area contributed by atoms with Crippen molar-refractivity contribution in [1.29, 1.82) is 0 Å². The summed E-state index contributed by atoms with van der Waals surface area (Å²) in [6, 6.07) is 11.3. The van der Waals surface area contributed by atoms with Gasteiger partial charge in [-0.15, -0.1) is 0 Å². The lowest BCUT2D eigenvalue weighted by molar-refractivity contribution is -0.114. The first-order chi connectivity index (χ1) is 11.6. The maximum absolute atomic E-state index is 12.4. The summed E-state index contributed by atoms with van der Waals surface area (Å²) in [7, 11) is 0. The number of hydrogen-bond acceptors (Lipinski definition) is 4. The van der Waals surface area contributed by atoms with E-state index in [0.29, 0.717) is 18.7 Å². The van der Waals surface area contributed by atoms with Crippen molar-refractivity contribution in [2.75, 3.05) is 36.4 Å². The number of amides is 2. The van der Waals surface area contributed by atoms with Crippen LogP contribution in [0.5, 0.6) is 0 Å². The number of hydrogen-bond donors (Lipinski definition) is 1. The van der Waals surface area contributed by atoms with Crippen LogP contribution in [0, 0.1) is 0 Å². The van der Waals surface area contributed by atoms with Gasteiger partial charge in [-0.1, -0.05) is 0 Å². The van der Waals surface area contributed by atoms with Crippen LogP contribution in [0.25, 0.3) is 0 Å². The van der Waals surface area contributed by atoms with E-state index in [2.05, 4.69) is 15.2 Å². The van der Waals surface area contributed by atoms with E-state index in [1.165, 1.54) is 6.92 Å². The Morgan fingerprint density at radius 3 is 2.33 bits per heavy atom. The van der Waals surface area contributed by atoms with Gasteiger partial charge in [0.25, 0.3) is 5.91 Å². The van der Waals surface area contributed by atoms with Crippen molar-refractivity contribution in [2.45, 2.75) is 6.92 Å². The van der Waals surface area contributed by atoms with Crippen LogP contribution in [0.1, 0.15) is 17.3 Å².